The zero-order chi connectivity index (χ0) is 22.3. The van der Waals surface area contributed by atoms with Crippen molar-refractivity contribution in [1.29, 1.82) is 0 Å². The second-order valence-electron chi connectivity index (χ2n) is 7.96. The van der Waals surface area contributed by atoms with Crippen LogP contribution in [0.2, 0.25) is 0 Å². The van der Waals surface area contributed by atoms with Gasteiger partial charge in [0.1, 0.15) is 0 Å². The van der Waals surface area contributed by atoms with E-state index >= 15 is 0 Å². The van der Waals surface area contributed by atoms with E-state index in [0.717, 1.165) is 33.2 Å². The molecule has 1 aromatic heterocycles. The predicted molar refractivity (Wildman–Crippen MR) is 115 cm³/mol. The normalized spacial score (nSPS) is 12.1. The Bertz CT molecular complexity index is 1290. The summed E-state index contributed by atoms with van der Waals surface area (Å²) in [6.07, 6.45) is -4.01. The van der Waals surface area contributed by atoms with E-state index < -0.39 is 23.2 Å². The standard InChI is InChI=1S/C24H21F3N2O2/c1-14(2)11-15-12-16(13-19-17-7-4-6-10-21(17)29(31)22(15)19)28-23(30)18-8-3-5-9-20(18)24(25,26)27/h3-10,12-14,31H,11H2,1-2H3,(H,28,30). The van der Waals surface area contributed by atoms with E-state index in [0.29, 0.717) is 23.1 Å². The summed E-state index contributed by atoms with van der Waals surface area (Å²) in [5.41, 5.74) is 0.997. The molecule has 0 aliphatic heterocycles. The summed E-state index contributed by atoms with van der Waals surface area (Å²) in [5, 5.41) is 14.9. The third-order valence-corrected chi connectivity index (χ3v) is 5.19. The molecule has 0 aliphatic rings. The Hall–Kier alpha value is -3.48. The minimum absolute atomic E-state index is 0.262. The van der Waals surface area contributed by atoms with Gasteiger partial charge in [-0.3, -0.25) is 4.79 Å². The molecule has 0 atom stereocenters. The molecule has 0 bridgehead atoms. The van der Waals surface area contributed by atoms with Crippen LogP contribution < -0.4 is 5.32 Å². The predicted octanol–water partition coefficient (Wildman–Crippen LogP) is 6.50. The molecule has 0 unspecified atom stereocenters. The molecule has 0 spiro atoms. The maximum absolute atomic E-state index is 13.3. The van der Waals surface area contributed by atoms with Gasteiger partial charge in [0.2, 0.25) is 0 Å². The lowest BCUT2D eigenvalue weighted by molar-refractivity contribution is -0.137. The Kier molecular flexibility index (Phi) is 5.13. The molecule has 1 amide bonds. The number of nitrogens with one attached hydrogen (secondary N) is 1. The molecule has 3 aromatic carbocycles. The highest BCUT2D eigenvalue weighted by Gasteiger charge is 2.34. The van der Waals surface area contributed by atoms with Gasteiger partial charge in [-0.15, -0.1) is 0 Å². The number of halogens is 3. The van der Waals surface area contributed by atoms with Gasteiger partial charge in [-0.25, -0.2) is 0 Å². The van der Waals surface area contributed by atoms with E-state index in [2.05, 4.69) is 5.32 Å². The van der Waals surface area contributed by atoms with E-state index in [1.54, 1.807) is 18.2 Å². The molecule has 0 saturated heterocycles. The van der Waals surface area contributed by atoms with Crippen LogP contribution in [0, 0.1) is 5.92 Å². The van der Waals surface area contributed by atoms with Gasteiger partial charge < -0.3 is 10.5 Å². The zero-order valence-corrected chi connectivity index (χ0v) is 17.0. The largest absolute Gasteiger partial charge is 0.428 e. The highest BCUT2D eigenvalue weighted by atomic mass is 19.4. The van der Waals surface area contributed by atoms with Crippen LogP contribution in [0.3, 0.4) is 0 Å². The van der Waals surface area contributed by atoms with Gasteiger partial charge in [-0.05, 0) is 48.2 Å². The monoisotopic (exact) mass is 426 g/mol. The summed E-state index contributed by atoms with van der Waals surface area (Å²) >= 11 is 0. The Balaban J connectivity index is 1.84. The molecular weight excluding hydrogens is 405 g/mol. The average molecular weight is 426 g/mol. The van der Waals surface area contributed by atoms with Crippen LogP contribution in [0.15, 0.2) is 60.7 Å². The minimum Gasteiger partial charge on any atom is -0.428 e. The number of carbonyl (C=O) groups is 1. The summed E-state index contributed by atoms with van der Waals surface area (Å²) in [6, 6.07) is 15.4. The van der Waals surface area contributed by atoms with Gasteiger partial charge in [0, 0.05) is 16.5 Å². The molecule has 0 fully saturated rings. The molecule has 0 radical (unpaired) electrons. The number of hydrogen-bond acceptors (Lipinski definition) is 2. The van der Waals surface area contributed by atoms with Crippen molar-refractivity contribution in [3.05, 3.63) is 77.4 Å². The Morgan fingerprint density at radius 2 is 1.71 bits per heavy atom. The van der Waals surface area contributed by atoms with E-state index in [-0.39, 0.29) is 5.92 Å². The molecule has 7 heteroatoms. The summed E-state index contributed by atoms with van der Waals surface area (Å²) in [6.45, 7) is 4.06. The van der Waals surface area contributed by atoms with Crippen LogP contribution in [-0.4, -0.2) is 15.8 Å². The smallest absolute Gasteiger partial charge is 0.417 e. The fourth-order valence-corrected chi connectivity index (χ4v) is 3.95. The topological polar surface area (TPSA) is 54.3 Å². The third kappa shape index (κ3) is 3.83. The van der Waals surface area contributed by atoms with E-state index in [9.17, 15) is 23.2 Å². The first-order chi connectivity index (χ1) is 14.7. The molecule has 160 valence electrons. The Labute approximate surface area is 176 Å². The highest BCUT2D eigenvalue weighted by molar-refractivity contribution is 6.12. The quantitative estimate of drug-likeness (QED) is 0.366. The third-order valence-electron chi connectivity index (χ3n) is 5.19. The summed E-state index contributed by atoms with van der Waals surface area (Å²) < 4.78 is 41.1. The van der Waals surface area contributed by atoms with Gasteiger partial charge >= 0.3 is 6.18 Å². The summed E-state index contributed by atoms with van der Waals surface area (Å²) in [7, 11) is 0. The summed E-state index contributed by atoms with van der Waals surface area (Å²) in [4.78, 5) is 12.8. The van der Waals surface area contributed by atoms with Crippen LogP contribution in [-0.2, 0) is 12.6 Å². The lowest BCUT2D eigenvalue weighted by atomic mass is 9.99. The number of aromatic nitrogens is 1. The van der Waals surface area contributed by atoms with Crippen molar-refractivity contribution >= 4 is 33.4 Å². The van der Waals surface area contributed by atoms with Crippen molar-refractivity contribution in [3.63, 3.8) is 0 Å². The van der Waals surface area contributed by atoms with Gasteiger partial charge in [0.25, 0.3) is 5.91 Å². The first-order valence-electron chi connectivity index (χ1n) is 9.89. The van der Waals surface area contributed by atoms with Crippen molar-refractivity contribution in [2.45, 2.75) is 26.4 Å². The number of carbonyl (C=O) groups excluding carboxylic acids is 1. The molecule has 4 nitrogen and oxygen atoms in total. The fraction of sp³-hybridized carbons (Fsp3) is 0.208. The second kappa shape index (κ2) is 7.65. The first kappa shape index (κ1) is 20.8. The number of rotatable bonds is 4. The average Bonchev–Trinajstić information content (AvgIpc) is 3.00. The number of hydrogen-bond donors (Lipinski definition) is 2. The maximum atomic E-state index is 13.3. The minimum atomic E-state index is -4.63. The van der Waals surface area contributed by atoms with Crippen molar-refractivity contribution in [2.75, 3.05) is 5.32 Å². The number of nitrogens with zero attached hydrogens (tertiary/aromatic N) is 1. The van der Waals surface area contributed by atoms with Gasteiger partial charge in [-0.2, -0.15) is 17.9 Å². The maximum Gasteiger partial charge on any atom is 0.417 e. The first-order valence-corrected chi connectivity index (χ1v) is 9.89. The van der Waals surface area contributed by atoms with Crippen molar-refractivity contribution in [2.24, 2.45) is 5.92 Å². The van der Waals surface area contributed by atoms with Crippen LogP contribution in [0.1, 0.15) is 35.3 Å². The summed E-state index contributed by atoms with van der Waals surface area (Å²) in [5.74, 6) is -0.575. The van der Waals surface area contributed by atoms with Crippen molar-refractivity contribution in [3.8, 4) is 0 Å². The number of anilines is 1. The molecule has 4 aromatic rings. The molecule has 4 rings (SSSR count). The molecular formula is C24H21F3N2O2. The van der Waals surface area contributed by atoms with Crippen LogP contribution in [0.25, 0.3) is 21.8 Å². The molecule has 0 aliphatic carbocycles. The van der Waals surface area contributed by atoms with E-state index in [1.165, 1.54) is 12.1 Å². The number of amides is 1. The number of alkyl halides is 3. The van der Waals surface area contributed by atoms with Crippen LogP contribution >= 0.6 is 0 Å². The molecule has 0 saturated carbocycles. The lowest BCUT2D eigenvalue weighted by Gasteiger charge is -2.14. The van der Waals surface area contributed by atoms with Crippen molar-refractivity contribution < 1.29 is 23.2 Å². The lowest BCUT2D eigenvalue weighted by Crippen LogP contribution is -2.18. The second-order valence-corrected chi connectivity index (χ2v) is 7.96. The Morgan fingerprint density at radius 3 is 2.42 bits per heavy atom. The van der Waals surface area contributed by atoms with Crippen LogP contribution in [0.4, 0.5) is 18.9 Å². The molecule has 2 N–H and O–H groups in total. The van der Waals surface area contributed by atoms with E-state index in [4.69, 9.17) is 0 Å². The number of para-hydroxylation sites is 1. The van der Waals surface area contributed by atoms with E-state index in [1.807, 2.05) is 32.0 Å². The fourth-order valence-electron chi connectivity index (χ4n) is 3.95. The number of benzene rings is 3. The van der Waals surface area contributed by atoms with Gasteiger partial charge in [-0.1, -0.05) is 44.2 Å². The highest BCUT2D eigenvalue weighted by Crippen LogP contribution is 2.35. The van der Waals surface area contributed by atoms with Crippen LogP contribution in [0.5, 0.6) is 0 Å². The Morgan fingerprint density at radius 1 is 1.03 bits per heavy atom. The van der Waals surface area contributed by atoms with Crippen molar-refractivity contribution in [1.82, 2.24) is 4.73 Å². The number of fused-ring (bicyclic) bond motifs is 3. The SMILES string of the molecule is CC(C)Cc1cc(NC(=O)c2ccccc2C(F)(F)F)cc2c3ccccc3n(O)c12. The molecule has 1 heterocycles. The van der Waals surface area contributed by atoms with Gasteiger partial charge in [0.15, 0.2) is 0 Å². The van der Waals surface area contributed by atoms with Gasteiger partial charge in [0.05, 0.1) is 22.2 Å². The zero-order valence-electron chi connectivity index (χ0n) is 17.0. The molecule has 31 heavy (non-hydrogen) atoms.